The summed E-state index contributed by atoms with van der Waals surface area (Å²) in [7, 11) is 3.62. The normalized spacial score (nSPS) is 12.3. The standard InChI is InChI=1S/C25H31N5O4S/c1-16(2)10-11-33-18-8-7-9-19(12-18)34-23-14-22-21(29(5)25(31)30(22)6)13-20(23)27-35(32)24-15-28(4)17(3)26-24/h7-9,12-16,27H,10-11H2,1-6H3. The van der Waals surface area contributed by atoms with E-state index in [4.69, 9.17) is 9.47 Å². The third kappa shape index (κ3) is 5.27. The summed E-state index contributed by atoms with van der Waals surface area (Å²) < 4.78 is 33.1. The van der Waals surface area contributed by atoms with Crippen LogP contribution < -0.4 is 19.9 Å². The number of aromatic nitrogens is 4. The van der Waals surface area contributed by atoms with E-state index in [-0.39, 0.29) is 5.69 Å². The van der Waals surface area contributed by atoms with Crippen molar-refractivity contribution in [2.45, 2.75) is 32.2 Å². The summed E-state index contributed by atoms with van der Waals surface area (Å²) in [6, 6.07) is 10.9. The van der Waals surface area contributed by atoms with E-state index < -0.39 is 11.0 Å². The minimum Gasteiger partial charge on any atom is -0.493 e. The van der Waals surface area contributed by atoms with Gasteiger partial charge in [-0.05, 0) is 37.5 Å². The van der Waals surface area contributed by atoms with Gasteiger partial charge in [0.2, 0.25) is 0 Å². The largest absolute Gasteiger partial charge is 0.493 e. The fourth-order valence-corrected chi connectivity index (χ4v) is 4.56. The van der Waals surface area contributed by atoms with E-state index in [0.717, 1.165) is 12.2 Å². The summed E-state index contributed by atoms with van der Waals surface area (Å²) in [6.45, 7) is 6.77. The number of benzene rings is 2. The Morgan fingerprint density at radius 1 is 1.06 bits per heavy atom. The molecule has 9 nitrogen and oxygen atoms in total. The van der Waals surface area contributed by atoms with Crippen molar-refractivity contribution in [2.24, 2.45) is 27.1 Å². The predicted molar refractivity (Wildman–Crippen MR) is 138 cm³/mol. The SMILES string of the molecule is Cc1nc(S(=O)Nc2cc3c(cc2Oc2cccc(OCCC(C)C)c2)n(C)c(=O)n3C)cn1C. The molecule has 4 aromatic rings. The maximum Gasteiger partial charge on any atom is 0.328 e. The summed E-state index contributed by atoms with van der Waals surface area (Å²) in [6.07, 6.45) is 2.67. The molecule has 0 aliphatic heterocycles. The first kappa shape index (κ1) is 24.6. The van der Waals surface area contributed by atoms with Gasteiger partial charge in [-0.2, -0.15) is 0 Å². The number of imidazole rings is 2. The summed E-state index contributed by atoms with van der Waals surface area (Å²) >= 11 is 0. The van der Waals surface area contributed by atoms with Crippen molar-refractivity contribution in [3.05, 3.63) is 58.9 Å². The summed E-state index contributed by atoms with van der Waals surface area (Å²) in [4.78, 5) is 16.9. The molecule has 0 aliphatic rings. The Kier molecular flexibility index (Phi) is 7.02. The lowest BCUT2D eigenvalue weighted by atomic mass is 10.1. The molecule has 1 unspecified atom stereocenters. The maximum atomic E-state index is 13.1. The molecule has 0 spiro atoms. The highest BCUT2D eigenvalue weighted by Crippen LogP contribution is 2.35. The van der Waals surface area contributed by atoms with E-state index in [2.05, 4.69) is 23.6 Å². The molecular formula is C25H31N5O4S. The molecule has 0 saturated carbocycles. The van der Waals surface area contributed by atoms with Gasteiger partial charge in [0.1, 0.15) is 17.3 Å². The lowest BCUT2D eigenvalue weighted by molar-refractivity contribution is 0.288. The first-order valence-electron chi connectivity index (χ1n) is 11.4. The van der Waals surface area contributed by atoms with E-state index in [9.17, 15) is 9.00 Å². The minimum atomic E-state index is -1.63. The number of anilines is 1. The molecule has 1 atom stereocenters. The molecule has 186 valence electrons. The summed E-state index contributed by atoms with van der Waals surface area (Å²) in [5.74, 6) is 3.00. The van der Waals surface area contributed by atoms with Crippen LogP contribution in [-0.2, 0) is 32.1 Å². The van der Waals surface area contributed by atoms with Gasteiger partial charge in [0, 0.05) is 39.5 Å². The maximum absolute atomic E-state index is 13.1. The Bertz CT molecular complexity index is 1430. The zero-order chi connectivity index (χ0) is 25.3. The first-order chi connectivity index (χ1) is 16.6. The second-order valence-corrected chi connectivity index (χ2v) is 10.1. The van der Waals surface area contributed by atoms with Crippen LogP contribution in [0, 0.1) is 12.8 Å². The van der Waals surface area contributed by atoms with Gasteiger partial charge in [0.15, 0.2) is 21.8 Å². The Balaban J connectivity index is 1.69. The lowest BCUT2D eigenvalue weighted by Gasteiger charge is -2.14. The van der Waals surface area contributed by atoms with Gasteiger partial charge in [-0.3, -0.25) is 13.9 Å². The molecule has 4 rings (SSSR count). The van der Waals surface area contributed by atoms with Crippen LogP contribution in [0.25, 0.3) is 11.0 Å². The Morgan fingerprint density at radius 3 is 2.40 bits per heavy atom. The van der Waals surface area contributed by atoms with Crippen molar-refractivity contribution >= 4 is 27.7 Å². The first-order valence-corrected chi connectivity index (χ1v) is 12.6. The molecule has 0 saturated heterocycles. The number of aryl methyl sites for hydroxylation is 4. The van der Waals surface area contributed by atoms with Crippen molar-refractivity contribution < 1.29 is 13.7 Å². The number of nitrogens with zero attached hydrogens (tertiary/aromatic N) is 4. The highest BCUT2D eigenvalue weighted by molar-refractivity contribution is 7.86. The van der Waals surface area contributed by atoms with Crippen molar-refractivity contribution in [1.82, 2.24) is 18.7 Å². The van der Waals surface area contributed by atoms with Crippen LogP contribution >= 0.6 is 0 Å². The molecule has 35 heavy (non-hydrogen) atoms. The molecule has 2 aromatic carbocycles. The Morgan fingerprint density at radius 2 is 1.74 bits per heavy atom. The molecule has 0 fully saturated rings. The van der Waals surface area contributed by atoms with E-state index in [0.29, 0.717) is 51.5 Å². The molecule has 0 aliphatic carbocycles. The zero-order valence-corrected chi connectivity index (χ0v) is 21.7. The van der Waals surface area contributed by atoms with Gasteiger partial charge in [-0.1, -0.05) is 19.9 Å². The second-order valence-electron chi connectivity index (χ2n) is 8.95. The molecule has 0 bridgehead atoms. The highest BCUT2D eigenvalue weighted by Gasteiger charge is 2.18. The topological polar surface area (TPSA) is 92.3 Å². The van der Waals surface area contributed by atoms with E-state index >= 15 is 0 Å². The van der Waals surface area contributed by atoms with E-state index in [1.165, 1.54) is 0 Å². The number of ether oxygens (including phenoxy) is 2. The van der Waals surface area contributed by atoms with Crippen LogP contribution in [-0.4, -0.2) is 29.5 Å². The summed E-state index contributed by atoms with van der Waals surface area (Å²) in [5.41, 5.74) is 1.70. The van der Waals surface area contributed by atoms with Gasteiger partial charge in [0.25, 0.3) is 0 Å². The monoisotopic (exact) mass is 497 g/mol. The number of rotatable bonds is 9. The number of fused-ring (bicyclic) bond motifs is 1. The average molecular weight is 498 g/mol. The quantitative estimate of drug-likeness (QED) is 0.373. The molecule has 2 heterocycles. The van der Waals surface area contributed by atoms with Gasteiger partial charge >= 0.3 is 5.69 Å². The Hall–Kier alpha value is -3.53. The van der Waals surface area contributed by atoms with Crippen molar-refractivity contribution in [1.29, 1.82) is 0 Å². The Labute approximate surface area is 206 Å². The predicted octanol–water partition coefficient (Wildman–Crippen LogP) is 4.27. The number of hydrogen-bond donors (Lipinski definition) is 1. The third-order valence-corrected chi connectivity index (χ3v) is 6.83. The van der Waals surface area contributed by atoms with Crippen LogP contribution in [0.5, 0.6) is 17.2 Å². The van der Waals surface area contributed by atoms with Crippen molar-refractivity contribution in [2.75, 3.05) is 11.3 Å². The zero-order valence-electron chi connectivity index (χ0n) is 20.9. The number of nitrogens with one attached hydrogen (secondary N) is 1. The molecule has 10 heteroatoms. The fraction of sp³-hybridized carbons (Fsp3) is 0.360. The fourth-order valence-electron chi connectivity index (χ4n) is 3.62. The van der Waals surface area contributed by atoms with Gasteiger partial charge in [-0.25, -0.2) is 14.0 Å². The van der Waals surface area contributed by atoms with Gasteiger partial charge in [-0.15, -0.1) is 0 Å². The van der Waals surface area contributed by atoms with Crippen LogP contribution in [0.2, 0.25) is 0 Å². The molecule has 0 radical (unpaired) electrons. The molecule has 2 aromatic heterocycles. The van der Waals surface area contributed by atoms with E-state index in [1.54, 1.807) is 46.1 Å². The average Bonchev–Trinajstić information content (AvgIpc) is 3.25. The second kappa shape index (κ2) is 9.99. The van der Waals surface area contributed by atoms with Crippen molar-refractivity contribution in [3.8, 4) is 17.2 Å². The van der Waals surface area contributed by atoms with Gasteiger partial charge in [0.05, 0.1) is 23.3 Å². The lowest BCUT2D eigenvalue weighted by Crippen LogP contribution is -2.19. The van der Waals surface area contributed by atoms with Gasteiger partial charge < -0.3 is 14.0 Å². The van der Waals surface area contributed by atoms with Crippen LogP contribution in [0.15, 0.2) is 52.4 Å². The third-order valence-electron chi connectivity index (χ3n) is 5.85. The molecule has 1 N–H and O–H groups in total. The highest BCUT2D eigenvalue weighted by atomic mass is 32.2. The molecular weight excluding hydrogens is 466 g/mol. The van der Waals surface area contributed by atoms with Crippen LogP contribution in [0.3, 0.4) is 0 Å². The van der Waals surface area contributed by atoms with Crippen LogP contribution in [0.4, 0.5) is 5.69 Å². The van der Waals surface area contributed by atoms with Crippen molar-refractivity contribution in [3.63, 3.8) is 0 Å². The number of hydrogen-bond acceptors (Lipinski definition) is 5. The molecule has 0 amide bonds. The smallest absolute Gasteiger partial charge is 0.328 e. The van der Waals surface area contributed by atoms with Crippen LogP contribution in [0.1, 0.15) is 26.1 Å². The minimum absolute atomic E-state index is 0.162. The van der Waals surface area contributed by atoms with E-state index in [1.807, 2.05) is 38.2 Å². The summed E-state index contributed by atoms with van der Waals surface area (Å²) in [5, 5.41) is 0.401.